The summed E-state index contributed by atoms with van der Waals surface area (Å²) in [4.78, 5) is 0. The molecule has 94 valence electrons. The second-order valence-corrected chi connectivity index (χ2v) is 3.71. The fraction of sp³-hybridized carbons (Fsp3) is 0.467. The highest BCUT2D eigenvalue weighted by atomic mass is 16.3. The van der Waals surface area contributed by atoms with Gasteiger partial charge in [0.05, 0.1) is 0 Å². The molecule has 0 aliphatic heterocycles. The Labute approximate surface area is 103 Å². The van der Waals surface area contributed by atoms with Gasteiger partial charge in [-0.25, -0.2) is 0 Å². The molecule has 0 radical (unpaired) electrons. The summed E-state index contributed by atoms with van der Waals surface area (Å²) in [7, 11) is 1.00. The SMILES string of the molecule is CC.CO.c1ccc2c3c(oc2c1)CCCC3. The second kappa shape index (κ2) is 7.13. The molecular formula is C15H22O2. The molecule has 1 aliphatic rings. The lowest BCUT2D eigenvalue weighted by Crippen LogP contribution is -1.98. The van der Waals surface area contributed by atoms with E-state index in [-0.39, 0.29) is 0 Å². The number of rotatable bonds is 0. The number of fused-ring (bicyclic) bond motifs is 3. The molecule has 0 bridgehead atoms. The second-order valence-electron chi connectivity index (χ2n) is 3.71. The third-order valence-electron chi connectivity index (χ3n) is 2.86. The monoisotopic (exact) mass is 234 g/mol. The molecule has 2 aromatic rings. The van der Waals surface area contributed by atoms with Crippen LogP contribution in [0.15, 0.2) is 28.7 Å². The van der Waals surface area contributed by atoms with Crippen LogP contribution in [0, 0.1) is 0 Å². The molecule has 1 aromatic heterocycles. The minimum Gasteiger partial charge on any atom is -0.461 e. The number of aliphatic hydroxyl groups excluding tert-OH is 1. The molecule has 2 heteroatoms. The molecule has 1 N–H and O–H groups in total. The van der Waals surface area contributed by atoms with Crippen molar-refractivity contribution < 1.29 is 9.52 Å². The Balaban J connectivity index is 0.000000330. The first-order valence-electron chi connectivity index (χ1n) is 6.39. The summed E-state index contributed by atoms with van der Waals surface area (Å²) in [5.74, 6) is 1.23. The Bertz CT molecular complexity index is 443. The highest BCUT2D eigenvalue weighted by Crippen LogP contribution is 2.31. The van der Waals surface area contributed by atoms with Crippen molar-refractivity contribution in [2.75, 3.05) is 7.11 Å². The van der Waals surface area contributed by atoms with Crippen LogP contribution in [0.25, 0.3) is 11.0 Å². The molecule has 3 rings (SSSR count). The Morgan fingerprint density at radius 3 is 2.41 bits per heavy atom. The molecule has 1 aliphatic carbocycles. The molecule has 0 amide bonds. The molecule has 0 fully saturated rings. The molecule has 0 spiro atoms. The molecule has 0 atom stereocenters. The van der Waals surface area contributed by atoms with Gasteiger partial charge in [-0.2, -0.15) is 0 Å². The van der Waals surface area contributed by atoms with Gasteiger partial charge in [0, 0.05) is 24.5 Å². The summed E-state index contributed by atoms with van der Waals surface area (Å²) in [5.41, 5.74) is 2.52. The van der Waals surface area contributed by atoms with Gasteiger partial charge in [0.2, 0.25) is 0 Å². The van der Waals surface area contributed by atoms with Crippen molar-refractivity contribution in [2.24, 2.45) is 0 Å². The van der Waals surface area contributed by atoms with Crippen LogP contribution in [-0.2, 0) is 12.8 Å². The van der Waals surface area contributed by atoms with E-state index in [1.165, 1.54) is 36.0 Å². The van der Waals surface area contributed by atoms with Crippen molar-refractivity contribution in [3.8, 4) is 0 Å². The third-order valence-corrected chi connectivity index (χ3v) is 2.86. The summed E-state index contributed by atoms with van der Waals surface area (Å²) in [6.07, 6.45) is 4.93. The molecular weight excluding hydrogens is 212 g/mol. The molecule has 17 heavy (non-hydrogen) atoms. The van der Waals surface area contributed by atoms with Gasteiger partial charge in [-0.1, -0.05) is 32.0 Å². The standard InChI is InChI=1S/C12H12O.C2H6.CH4O/c1-3-7-11-9(5-1)10-6-2-4-8-12(10)13-11;2*1-2/h1,3,5,7H,2,4,6,8H2;1-2H3;2H,1H3. The van der Waals surface area contributed by atoms with Crippen molar-refractivity contribution in [1.29, 1.82) is 0 Å². The maximum absolute atomic E-state index is 7.00. The molecule has 0 unspecified atom stereocenters. The lowest BCUT2D eigenvalue weighted by Gasteiger charge is -2.08. The van der Waals surface area contributed by atoms with Crippen LogP contribution >= 0.6 is 0 Å². The lowest BCUT2D eigenvalue weighted by atomic mass is 9.96. The first kappa shape index (κ1) is 13.8. The number of aryl methyl sites for hydroxylation is 2. The summed E-state index contributed by atoms with van der Waals surface area (Å²) in [6.45, 7) is 4.00. The average Bonchev–Trinajstić information content (AvgIpc) is 2.82. The van der Waals surface area contributed by atoms with Crippen molar-refractivity contribution >= 4 is 11.0 Å². The first-order valence-corrected chi connectivity index (χ1v) is 6.39. The number of furan rings is 1. The van der Waals surface area contributed by atoms with E-state index in [4.69, 9.17) is 9.52 Å². The van der Waals surface area contributed by atoms with Gasteiger partial charge in [-0.05, 0) is 25.3 Å². The van der Waals surface area contributed by atoms with Gasteiger partial charge in [-0.15, -0.1) is 0 Å². The van der Waals surface area contributed by atoms with Gasteiger partial charge in [-0.3, -0.25) is 0 Å². The molecule has 1 heterocycles. The van der Waals surface area contributed by atoms with E-state index in [9.17, 15) is 0 Å². The Kier molecular flexibility index (Phi) is 5.78. The van der Waals surface area contributed by atoms with Crippen LogP contribution in [0.1, 0.15) is 38.0 Å². The quantitative estimate of drug-likeness (QED) is 0.748. The van der Waals surface area contributed by atoms with Crippen molar-refractivity contribution in [1.82, 2.24) is 0 Å². The maximum atomic E-state index is 7.00. The number of para-hydroxylation sites is 1. The van der Waals surface area contributed by atoms with E-state index in [2.05, 4.69) is 18.2 Å². The van der Waals surface area contributed by atoms with Gasteiger partial charge >= 0.3 is 0 Å². The van der Waals surface area contributed by atoms with Crippen LogP contribution in [0.3, 0.4) is 0 Å². The largest absolute Gasteiger partial charge is 0.461 e. The minimum atomic E-state index is 1.00. The lowest BCUT2D eigenvalue weighted by molar-refractivity contribution is 0.399. The van der Waals surface area contributed by atoms with Crippen LogP contribution in [0.4, 0.5) is 0 Å². The van der Waals surface area contributed by atoms with E-state index in [0.717, 1.165) is 19.1 Å². The topological polar surface area (TPSA) is 33.4 Å². The Morgan fingerprint density at radius 1 is 1.00 bits per heavy atom. The van der Waals surface area contributed by atoms with E-state index in [1.807, 2.05) is 19.9 Å². The van der Waals surface area contributed by atoms with Crippen molar-refractivity contribution in [3.63, 3.8) is 0 Å². The zero-order chi connectivity index (χ0) is 12.7. The summed E-state index contributed by atoms with van der Waals surface area (Å²) in [6, 6.07) is 8.36. The fourth-order valence-electron chi connectivity index (χ4n) is 2.21. The highest BCUT2D eigenvalue weighted by molar-refractivity contribution is 5.82. The predicted octanol–water partition coefficient (Wildman–Crippen LogP) is 3.95. The zero-order valence-electron chi connectivity index (χ0n) is 11.0. The van der Waals surface area contributed by atoms with Crippen molar-refractivity contribution in [2.45, 2.75) is 39.5 Å². The van der Waals surface area contributed by atoms with Crippen LogP contribution < -0.4 is 0 Å². The van der Waals surface area contributed by atoms with Gasteiger partial charge in [0.1, 0.15) is 11.3 Å². The van der Waals surface area contributed by atoms with Gasteiger partial charge in [0.25, 0.3) is 0 Å². The van der Waals surface area contributed by atoms with Crippen LogP contribution in [0.2, 0.25) is 0 Å². The summed E-state index contributed by atoms with van der Waals surface area (Å²) in [5, 5.41) is 8.33. The van der Waals surface area contributed by atoms with Gasteiger partial charge < -0.3 is 9.52 Å². The smallest absolute Gasteiger partial charge is 0.134 e. The van der Waals surface area contributed by atoms with Gasteiger partial charge in [0.15, 0.2) is 0 Å². The zero-order valence-corrected chi connectivity index (χ0v) is 11.0. The number of aliphatic hydroxyl groups is 1. The van der Waals surface area contributed by atoms with E-state index in [1.54, 1.807) is 0 Å². The number of benzene rings is 1. The first-order chi connectivity index (χ1) is 8.45. The normalized spacial score (nSPS) is 12.9. The van der Waals surface area contributed by atoms with Crippen molar-refractivity contribution in [3.05, 3.63) is 35.6 Å². The predicted molar refractivity (Wildman–Crippen MR) is 72.3 cm³/mol. The Hall–Kier alpha value is -1.28. The molecule has 2 nitrogen and oxygen atoms in total. The minimum absolute atomic E-state index is 1.00. The average molecular weight is 234 g/mol. The highest BCUT2D eigenvalue weighted by Gasteiger charge is 2.16. The van der Waals surface area contributed by atoms with Crippen LogP contribution in [-0.4, -0.2) is 12.2 Å². The maximum Gasteiger partial charge on any atom is 0.134 e. The number of hydrogen-bond donors (Lipinski definition) is 1. The van der Waals surface area contributed by atoms with E-state index in [0.29, 0.717) is 0 Å². The van der Waals surface area contributed by atoms with E-state index >= 15 is 0 Å². The molecule has 0 saturated carbocycles. The molecule has 1 aromatic carbocycles. The third kappa shape index (κ3) is 2.89. The summed E-state index contributed by atoms with van der Waals surface area (Å²) >= 11 is 0. The van der Waals surface area contributed by atoms with E-state index < -0.39 is 0 Å². The number of hydrogen-bond acceptors (Lipinski definition) is 2. The Morgan fingerprint density at radius 2 is 1.65 bits per heavy atom. The molecule has 0 saturated heterocycles. The fourth-order valence-corrected chi connectivity index (χ4v) is 2.21. The van der Waals surface area contributed by atoms with Crippen LogP contribution in [0.5, 0.6) is 0 Å². The summed E-state index contributed by atoms with van der Waals surface area (Å²) < 4.78 is 5.79.